The average molecular weight is 1320 g/mol. The van der Waals surface area contributed by atoms with Crippen molar-refractivity contribution >= 4 is 72.8 Å². The van der Waals surface area contributed by atoms with Gasteiger partial charge >= 0.3 is 12.0 Å². The van der Waals surface area contributed by atoms with Gasteiger partial charge in [-0.05, 0) is 109 Å². The third-order valence-electron chi connectivity index (χ3n) is 15.9. The maximum absolute atomic E-state index is 14.5. The number of amides is 4. The van der Waals surface area contributed by atoms with E-state index in [2.05, 4.69) is 35.8 Å². The van der Waals surface area contributed by atoms with Crippen LogP contribution < -0.4 is 46.4 Å². The van der Waals surface area contributed by atoms with Crippen LogP contribution in [0, 0.1) is 18.7 Å². The van der Waals surface area contributed by atoms with E-state index < -0.39 is 57.9 Å². The predicted octanol–water partition coefficient (Wildman–Crippen LogP) is 8.69. The number of primary amides is 1. The number of fused-ring (bicyclic) bond motifs is 1. The number of rotatable bonds is 28. The van der Waals surface area contributed by atoms with Gasteiger partial charge in [0.2, 0.25) is 23.8 Å². The predicted molar refractivity (Wildman–Crippen MR) is 347 cm³/mol. The van der Waals surface area contributed by atoms with E-state index in [4.69, 9.17) is 47.0 Å². The quantitative estimate of drug-likeness (QED) is 0.0137. The molecule has 3 aromatic heterocycles. The molecule has 8 aromatic rings. The number of benzene rings is 5. The molecule has 4 heterocycles. The first-order valence-electron chi connectivity index (χ1n) is 29.6. The van der Waals surface area contributed by atoms with Gasteiger partial charge in [-0.2, -0.15) is 8.42 Å². The van der Waals surface area contributed by atoms with E-state index in [9.17, 15) is 41.6 Å². The molecule has 27 heteroatoms. The number of ether oxygens (including phenoxy) is 4. The summed E-state index contributed by atoms with van der Waals surface area (Å²) in [5.74, 6) is -1.24. The van der Waals surface area contributed by atoms with Crippen LogP contribution in [0.25, 0.3) is 43.2 Å². The molecule has 0 unspecified atom stereocenters. The van der Waals surface area contributed by atoms with Crippen LogP contribution in [0.5, 0.6) is 23.1 Å². The maximum atomic E-state index is 14.5. The zero-order valence-corrected chi connectivity index (χ0v) is 53.6. The fourth-order valence-corrected chi connectivity index (χ4v) is 12.8. The second-order valence-corrected chi connectivity index (χ2v) is 25.6. The van der Waals surface area contributed by atoms with Gasteiger partial charge in [0.15, 0.2) is 5.82 Å². The summed E-state index contributed by atoms with van der Waals surface area (Å²) in [6, 6.07) is 27.3. The number of carbonyl (C=O) groups is 4. The number of para-hydroxylation sites is 2. The molecule has 1 aliphatic rings. The van der Waals surface area contributed by atoms with Gasteiger partial charge in [-0.15, -0.1) is 11.3 Å². The molecular weight excluding hydrogens is 1250 g/mol. The minimum Gasteiger partial charge on any atom is -0.496 e. The van der Waals surface area contributed by atoms with Crippen molar-refractivity contribution in [2.75, 3.05) is 65.3 Å². The van der Waals surface area contributed by atoms with Crippen LogP contribution in [-0.4, -0.2) is 149 Å². The van der Waals surface area contributed by atoms with Crippen LogP contribution >= 0.6 is 22.9 Å². The molecule has 3 atom stereocenters. The highest BCUT2D eigenvalue weighted by Crippen LogP contribution is 2.50. The second kappa shape index (κ2) is 30.0. The molecule has 484 valence electrons. The van der Waals surface area contributed by atoms with E-state index in [1.165, 1.54) is 41.9 Å². The molecule has 0 radical (unpaired) electrons. The van der Waals surface area contributed by atoms with Crippen molar-refractivity contribution in [1.29, 1.82) is 0 Å². The molecular formula is C65H72ClFN11O12S2+. The number of halogens is 2. The van der Waals surface area contributed by atoms with Crippen molar-refractivity contribution in [2.24, 2.45) is 17.4 Å². The molecule has 9 N–H and O–H groups in total. The maximum Gasteiger partial charge on any atom is 0.345 e. The monoisotopic (exact) mass is 1320 g/mol. The Morgan fingerprint density at radius 3 is 2.32 bits per heavy atom. The Morgan fingerprint density at radius 1 is 0.880 bits per heavy atom. The van der Waals surface area contributed by atoms with Gasteiger partial charge in [0.1, 0.15) is 64.9 Å². The highest BCUT2D eigenvalue weighted by Gasteiger charge is 2.33. The Hall–Kier alpha value is -8.89. The van der Waals surface area contributed by atoms with E-state index in [1.807, 2.05) is 44.3 Å². The van der Waals surface area contributed by atoms with Gasteiger partial charge in [-0.1, -0.05) is 74.0 Å². The lowest BCUT2D eigenvalue weighted by Crippen LogP contribution is -2.57. The number of anilines is 1. The summed E-state index contributed by atoms with van der Waals surface area (Å²) in [7, 11) is -1.21. The number of carboxylic acids is 1. The van der Waals surface area contributed by atoms with Gasteiger partial charge in [-0.25, -0.2) is 33.9 Å². The Morgan fingerprint density at radius 2 is 1.61 bits per heavy atom. The number of thiophene rings is 1. The smallest absolute Gasteiger partial charge is 0.345 e. The number of hydrogen-bond acceptors (Lipinski definition) is 17. The first kappa shape index (κ1) is 67.5. The summed E-state index contributed by atoms with van der Waals surface area (Å²) in [4.78, 5) is 72.2. The van der Waals surface area contributed by atoms with E-state index in [1.54, 1.807) is 81.8 Å². The Bertz CT molecular complexity index is 4100. The van der Waals surface area contributed by atoms with Crippen molar-refractivity contribution in [3.05, 3.63) is 155 Å². The van der Waals surface area contributed by atoms with Crippen LogP contribution in [0.1, 0.15) is 49.1 Å². The molecule has 92 heavy (non-hydrogen) atoms. The van der Waals surface area contributed by atoms with Gasteiger partial charge in [0.25, 0.3) is 10.1 Å². The van der Waals surface area contributed by atoms with E-state index in [0.29, 0.717) is 125 Å². The summed E-state index contributed by atoms with van der Waals surface area (Å²) in [5, 5.41) is 19.3. The van der Waals surface area contributed by atoms with Crippen molar-refractivity contribution in [3.8, 4) is 56.1 Å². The molecule has 1 fully saturated rings. The number of quaternary nitrogens is 1. The minimum absolute atomic E-state index is 0.00196. The summed E-state index contributed by atoms with van der Waals surface area (Å²) in [6.45, 7) is 9.00. The van der Waals surface area contributed by atoms with Crippen LogP contribution in [0.15, 0.2) is 127 Å². The Balaban J connectivity index is 0.871. The second-order valence-electron chi connectivity index (χ2n) is 22.8. The lowest BCUT2D eigenvalue weighted by molar-refractivity contribution is -0.926. The van der Waals surface area contributed by atoms with Crippen molar-refractivity contribution in [3.63, 3.8) is 0 Å². The third-order valence-corrected chi connectivity index (χ3v) is 18.4. The van der Waals surface area contributed by atoms with Gasteiger partial charge in [-0.3, -0.25) is 19.0 Å². The molecule has 0 spiro atoms. The first-order chi connectivity index (χ1) is 44.0. The van der Waals surface area contributed by atoms with Crippen LogP contribution in [-0.2, 0) is 44.1 Å². The average Bonchev–Trinajstić information content (AvgIpc) is 1.57. The molecule has 4 amide bonds. The van der Waals surface area contributed by atoms with E-state index in [-0.39, 0.29) is 67.9 Å². The molecule has 5 aromatic carbocycles. The Labute approximate surface area is 540 Å². The fourth-order valence-electron chi connectivity index (χ4n) is 10.7. The zero-order chi connectivity index (χ0) is 65.9. The number of carboxylic acid groups (broad SMARTS) is 1. The number of methoxy groups -OCH3 is 1. The largest absolute Gasteiger partial charge is 0.496 e. The molecule has 23 nitrogen and oxygen atoms in total. The highest BCUT2D eigenvalue weighted by atomic mass is 35.5. The van der Waals surface area contributed by atoms with Crippen molar-refractivity contribution < 1.29 is 65.1 Å². The van der Waals surface area contributed by atoms with Gasteiger partial charge in [0.05, 0.1) is 55.0 Å². The lowest BCUT2D eigenvalue weighted by Gasteiger charge is -2.42. The number of piperazine rings is 1. The lowest BCUT2D eigenvalue weighted by atomic mass is 9.96. The third kappa shape index (κ3) is 16.8. The van der Waals surface area contributed by atoms with Crippen molar-refractivity contribution in [1.82, 2.24) is 35.5 Å². The highest BCUT2D eigenvalue weighted by molar-refractivity contribution is 7.85. The molecule has 0 aliphatic carbocycles. The first-order valence-corrected chi connectivity index (χ1v) is 32.2. The fraction of sp³-hybridized carbons (Fsp3) is 0.323. The Kier molecular flexibility index (Phi) is 22.0. The number of nitrogens with zero attached hydrogens (tertiary/aromatic N) is 6. The number of aliphatic carboxylic acids is 1. The number of nitrogens with one attached hydrogen (secondary N) is 3. The molecule has 1 saturated heterocycles. The van der Waals surface area contributed by atoms with Crippen LogP contribution in [0.3, 0.4) is 0 Å². The van der Waals surface area contributed by atoms with E-state index in [0.717, 1.165) is 0 Å². The summed E-state index contributed by atoms with van der Waals surface area (Å²) < 4.78 is 75.7. The summed E-state index contributed by atoms with van der Waals surface area (Å²) in [5.41, 5.74) is 16.0. The van der Waals surface area contributed by atoms with Gasteiger partial charge in [0, 0.05) is 60.5 Å². The van der Waals surface area contributed by atoms with Gasteiger partial charge < -0.3 is 56.0 Å². The number of likely N-dealkylation sites (N-methyl/N-ethyl adjacent to an activating group) is 1. The molecule has 0 saturated carbocycles. The minimum atomic E-state index is -4.78. The molecule has 9 rings (SSSR count). The van der Waals surface area contributed by atoms with Crippen LogP contribution in [0.4, 0.5) is 14.9 Å². The molecule has 0 bridgehead atoms. The molecule has 1 aliphatic heterocycles. The summed E-state index contributed by atoms with van der Waals surface area (Å²) >= 11 is 8.50. The number of hydrogen-bond donors (Lipinski definition) is 7. The van der Waals surface area contributed by atoms with Crippen molar-refractivity contribution in [2.45, 2.75) is 76.3 Å². The number of aromatic nitrogens is 4. The zero-order valence-electron chi connectivity index (χ0n) is 51.2. The standard InChI is InChI=1S/C65H71ClFN11O12S2/c1-38(2)57(68)61(80)76-48(13-10-25-71-65(69)83)60(79)75-44-21-18-42(53(34-44)92(84,85)86)35-78(4)30-27-77(28-31-78)29-32-88-51-23-22-46(39(3)56(51)66)54-55-62(72-37-73-63(55)91-58(54)40-16-19-43(67)20-17-40)90-52(64(81)82)33-41-11-6-8-14-49(41)89-36-45-24-26-70-59(74-45)47-12-7-9-15-50(47)87-5/h6-9,11-12,14-24,26,34,37-38,48,52,57H,10,13,25,27-33,35-36,68H2,1-5H3,(H6-,69,71,75,76,79,80,81,82,83,84,85,86)/p+1/t48-,52+,57-/m0/s1. The number of nitrogens with two attached hydrogens (primary N) is 2. The van der Waals surface area contributed by atoms with Crippen LogP contribution in [0.2, 0.25) is 5.02 Å². The number of carbonyl (C=O) groups excluding carboxylic acids is 3. The normalized spacial score (nSPS) is 14.2. The summed E-state index contributed by atoms with van der Waals surface area (Å²) in [6.07, 6.45) is 1.72. The number of urea groups is 1. The topological polar surface area (TPSA) is 323 Å². The van der Waals surface area contributed by atoms with E-state index >= 15 is 0 Å². The SMILES string of the molecule is COc1ccccc1-c1nccc(COc2ccccc2C[C@@H](Oc2ncnc3sc(-c4ccc(F)cc4)c(-c4ccc(OCCN5CC[N+](C)(Cc6ccc(NC(=O)[C@H](CCCNC(N)=O)NC(=O)[C@@H](N)C(C)C)cc6S(=O)(=O)O)CC5)c(Cl)c4C)c23)C(=O)O)n1.